The molecule has 26 heavy (non-hydrogen) atoms. The third-order valence-corrected chi connectivity index (χ3v) is 5.09. The predicted octanol–water partition coefficient (Wildman–Crippen LogP) is 2.81. The van der Waals surface area contributed by atoms with Gasteiger partial charge >= 0.3 is 0 Å². The number of hydrogen-bond acceptors (Lipinski definition) is 6. The van der Waals surface area contributed by atoms with Gasteiger partial charge in [0.2, 0.25) is 11.8 Å². The van der Waals surface area contributed by atoms with Crippen molar-refractivity contribution in [3.8, 4) is 0 Å². The van der Waals surface area contributed by atoms with E-state index in [-0.39, 0.29) is 5.91 Å². The summed E-state index contributed by atoms with van der Waals surface area (Å²) in [5.41, 5.74) is 1.08. The van der Waals surface area contributed by atoms with Gasteiger partial charge in [-0.3, -0.25) is 9.69 Å². The Morgan fingerprint density at radius 2 is 2.27 bits per heavy atom. The van der Waals surface area contributed by atoms with E-state index in [1.807, 2.05) is 17.9 Å². The number of carbonyl (C=O) groups is 1. The van der Waals surface area contributed by atoms with Crippen molar-refractivity contribution in [1.82, 2.24) is 19.9 Å². The molecule has 1 aliphatic rings. The first-order chi connectivity index (χ1) is 12.7. The number of rotatable bonds is 7. The fourth-order valence-corrected chi connectivity index (χ4v) is 3.62. The zero-order chi connectivity index (χ0) is 18.4. The Kier molecular flexibility index (Phi) is 6.44. The van der Waals surface area contributed by atoms with Crippen LogP contribution in [0, 0.1) is 6.92 Å². The van der Waals surface area contributed by atoms with E-state index in [0.29, 0.717) is 24.9 Å². The molecular formula is C19H28N4O3. The van der Waals surface area contributed by atoms with Crippen molar-refractivity contribution in [3.63, 3.8) is 0 Å². The molecule has 142 valence electrons. The van der Waals surface area contributed by atoms with Gasteiger partial charge < -0.3 is 13.8 Å². The Balaban J connectivity index is 1.50. The summed E-state index contributed by atoms with van der Waals surface area (Å²) in [4.78, 5) is 21.3. The lowest BCUT2D eigenvalue weighted by atomic mass is 10.1. The van der Waals surface area contributed by atoms with Crippen molar-refractivity contribution in [3.05, 3.63) is 35.9 Å². The molecule has 7 heteroatoms. The maximum absolute atomic E-state index is 12.5. The van der Waals surface area contributed by atoms with Gasteiger partial charge in [0.05, 0.1) is 19.1 Å². The minimum Gasteiger partial charge on any atom is -0.472 e. The number of aromatic nitrogens is 2. The van der Waals surface area contributed by atoms with E-state index in [1.54, 1.807) is 12.5 Å². The lowest BCUT2D eigenvalue weighted by Gasteiger charge is -2.28. The lowest BCUT2D eigenvalue weighted by molar-refractivity contribution is -0.131. The van der Waals surface area contributed by atoms with Crippen molar-refractivity contribution in [2.45, 2.75) is 58.5 Å². The molecule has 2 aromatic rings. The molecule has 1 amide bonds. The van der Waals surface area contributed by atoms with Gasteiger partial charge in [0, 0.05) is 32.5 Å². The Hall–Kier alpha value is -2.15. The van der Waals surface area contributed by atoms with Crippen molar-refractivity contribution in [2.24, 2.45) is 0 Å². The first-order valence-corrected chi connectivity index (χ1v) is 9.47. The third-order valence-electron chi connectivity index (χ3n) is 5.09. The van der Waals surface area contributed by atoms with Gasteiger partial charge in [-0.1, -0.05) is 12.1 Å². The summed E-state index contributed by atoms with van der Waals surface area (Å²) in [6.45, 7) is 7.27. The van der Waals surface area contributed by atoms with Crippen LogP contribution in [0.25, 0.3) is 0 Å². The van der Waals surface area contributed by atoms with Crippen LogP contribution in [0.15, 0.2) is 27.5 Å². The molecule has 0 saturated carbocycles. The van der Waals surface area contributed by atoms with Crippen LogP contribution in [0.1, 0.15) is 49.9 Å². The van der Waals surface area contributed by atoms with Gasteiger partial charge in [-0.05, 0) is 43.9 Å². The maximum atomic E-state index is 12.5. The number of hydrogen-bond donors (Lipinski definition) is 0. The smallest absolute Gasteiger partial charge is 0.223 e. The number of nitrogens with zero attached hydrogens (tertiary/aromatic N) is 4. The highest BCUT2D eigenvalue weighted by atomic mass is 16.5. The summed E-state index contributed by atoms with van der Waals surface area (Å²) in [7, 11) is 0. The van der Waals surface area contributed by atoms with Gasteiger partial charge in [0.25, 0.3) is 0 Å². The largest absolute Gasteiger partial charge is 0.472 e. The molecule has 1 aliphatic heterocycles. The van der Waals surface area contributed by atoms with Crippen LogP contribution >= 0.6 is 0 Å². The standard InChI is InChI=1S/C19H28N4O3/c1-3-22(13-18-20-15(2)26-21-18)17-5-4-10-23(11-8-17)19(24)7-6-16-9-12-25-14-16/h9,12,14,17H,3-8,10-11,13H2,1-2H3/t17-/m0/s1. The minimum atomic E-state index is 0.240. The van der Waals surface area contributed by atoms with E-state index in [9.17, 15) is 4.79 Å². The first-order valence-electron chi connectivity index (χ1n) is 9.47. The molecular weight excluding hydrogens is 332 g/mol. The van der Waals surface area contributed by atoms with Crippen LogP contribution in [-0.4, -0.2) is 51.5 Å². The molecule has 0 N–H and O–H groups in total. The van der Waals surface area contributed by atoms with Gasteiger partial charge in [0.15, 0.2) is 5.82 Å². The van der Waals surface area contributed by atoms with Gasteiger partial charge in [-0.2, -0.15) is 4.98 Å². The molecule has 0 aliphatic carbocycles. The van der Waals surface area contributed by atoms with E-state index in [1.165, 1.54) is 0 Å². The Morgan fingerprint density at radius 1 is 1.38 bits per heavy atom. The SMILES string of the molecule is CCN(Cc1noc(C)n1)[C@H]1CCCN(C(=O)CCc2ccoc2)CC1. The summed E-state index contributed by atoms with van der Waals surface area (Å²) < 4.78 is 10.1. The Bertz CT molecular complexity index is 683. The third kappa shape index (κ3) is 4.94. The number of aryl methyl sites for hydroxylation is 2. The highest BCUT2D eigenvalue weighted by Gasteiger charge is 2.25. The van der Waals surface area contributed by atoms with Crippen LogP contribution in [0.5, 0.6) is 0 Å². The van der Waals surface area contributed by atoms with E-state index in [0.717, 1.165) is 56.7 Å². The van der Waals surface area contributed by atoms with Crippen LogP contribution < -0.4 is 0 Å². The molecule has 1 atom stereocenters. The quantitative estimate of drug-likeness (QED) is 0.756. The zero-order valence-electron chi connectivity index (χ0n) is 15.7. The molecule has 3 rings (SSSR count). The summed E-state index contributed by atoms with van der Waals surface area (Å²) in [6, 6.07) is 2.37. The van der Waals surface area contributed by atoms with E-state index in [2.05, 4.69) is 22.0 Å². The van der Waals surface area contributed by atoms with E-state index >= 15 is 0 Å². The second-order valence-electron chi connectivity index (χ2n) is 6.89. The minimum absolute atomic E-state index is 0.240. The molecule has 2 aromatic heterocycles. The van der Waals surface area contributed by atoms with Crippen LogP contribution in [0.4, 0.5) is 0 Å². The molecule has 0 spiro atoms. The topological polar surface area (TPSA) is 75.6 Å². The highest BCUT2D eigenvalue weighted by Crippen LogP contribution is 2.19. The number of furan rings is 1. The van der Waals surface area contributed by atoms with Crippen molar-refractivity contribution >= 4 is 5.91 Å². The molecule has 3 heterocycles. The maximum Gasteiger partial charge on any atom is 0.223 e. The molecule has 0 aromatic carbocycles. The average molecular weight is 360 g/mol. The number of likely N-dealkylation sites (tertiary alicyclic amines) is 1. The summed E-state index contributed by atoms with van der Waals surface area (Å²) in [5.74, 6) is 1.58. The summed E-state index contributed by atoms with van der Waals surface area (Å²) in [6.07, 6.45) is 7.77. The molecule has 0 unspecified atom stereocenters. The van der Waals surface area contributed by atoms with Crippen LogP contribution in [0.3, 0.4) is 0 Å². The highest BCUT2D eigenvalue weighted by molar-refractivity contribution is 5.76. The van der Waals surface area contributed by atoms with Crippen molar-refractivity contribution < 1.29 is 13.7 Å². The van der Waals surface area contributed by atoms with Gasteiger partial charge in [-0.15, -0.1) is 0 Å². The van der Waals surface area contributed by atoms with Crippen LogP contribution in [-0.2, 0) is 17.8 Å². The lowest BCUT2D eigenvalue weighted by Crippen LogP contribution is -2.37. The van der Waals surface area contributed by atoms with E-state index < -0.39 is 0 Å². The fourth-order valence-electron chi connectivity index (χ4n) is 3.62. The van der Waals surface area contributed by atoms with Crippen molar-refractivity contribution in [1.29, 1.82) is 0 Å². The van der Waals surface area contributed by atoms with Gasteiger partial charge in [-0.25, -0.2) is 0 Å². The van der Waals surface area contributed by atoms with Crippen LogP contribution in [0.2, 0.25) is 0 Å². The number of carbonyl (C=O) groups excluding carboxylic acids is 1. The molecule has 7 nitrogen and oxygen atoms in total. The monoisotopic (exact) mass is 360 g/mol. The zero-order valence-corrected chi connectivity index (χ0v) is 15.7. The molecule has 0 bridgehead atoms. The first kappa shape index (κ1) is 18.6. The second kappa shape index (κ2) is 8.98. The molecule has 0 radical (unpaired) electrons. The van der Waals surface area contributed by atoms with Gasteiger partial charge in [0.1, 0.15) is 0 Å². The Labute approximate surface area is 154 Å². The molecule has 1 saturated heterocycles. The summed E-state index contributed by atoms with van der Waals surface area (Å²) in [5, 5.41) is 4.01. The Morgan fingerprint density at radius 3 is 2.96 bits per heavy atom. The number of amides is 1. The average Bonchev–Trinajstić information content (AvgIpc) is 3.24. The second-order valence-corrected chi connectivity index (χ2v) is 6.89. The fraction of sp³-hybridized carbons (Fsp3) is 0.632. The predicted molar refractivity (Wildman–Crippen MR) is 96.4 cm³/mol. The van der Waals surface area contributed by atoms with E-state index in [4.69, 9.17) is 8.94 Å². The molecule has 1 fully saturated rings. The normalized spacial score (nSPS) is 18.3. The van der Waals surface area contributed by atoms with Crippen molar-refractivity contribution in [2.75, 3.05) is 19.6 Å². The summed E-state index contributed by atoms with van der Waals surface area (Å²) >= 11 is 0.